The summed E-state index contributed by atoms with van der Waals surface area (Å²) < 4.78 is 22.5. The van der Waals surface area contributed by atoms with Crippen LogP contribution in [0.1, 0.15) is 35.3 Å². The van der Waals surface area contributed by atoms with E-state index in [0.29, 0.717) is 18.7 Å². The third-order valence-corrected chi connectivity index (χ3v) is 5.58. The molecule has 1 saturated heterocycles. The van der Waals surface area contributed by atoms with Crippen molar-refractivity contribution in [2.45, 2.75) is 30.6 Å². The molecule has 0 aliphatic carbocycles. The monoisotopic (exact) mass is 388 g/mol. The number of benzene rings is 1. The Morgan fingerprint density at radius 1 is 1.11 bits per heavy atom. The lowest BCUT2D eigenvalue weighted by Crippen LogP contribution is -2.30. The minimum absolute atomic E-state index is 0.0778. The maximum atomic E-state index is 12.4. The number of carbonyl (C=O) groups is 1. The third kappa shape index (κ3) is 5.27. The fourth-order valence-electron chi connectivity index (χ4n) is 3.15. The highest BCUT2D eigenvalue weighted by atomic mass is 32.2. The Labute approximate surface area is 159 Å². The van der Waals surface area contributed by atoms with E-state index in [4.69, 9.17) is 5.14 Å². The Bertz CT molecular complexity index is 891. The lowest BCUT2D eigenvalue weighted by atomic mass is 10.1. The predicted molar refractivity (Wildman–Crippen MR) is 104 cm³/mol. The van der Waals surface area contributed by atoms with Gasteiger partial charge in [-0.05, 0) is 55.5 Å². The Morgan fingerprint density at radius 3 is 2.48 bits per heavy atom. The van der Waals surface area contributed by atoms with Gasteiger partial charge in [-0.1, -0.05) is 12.1 Å². The smallest absolute Gasteiger partial charge is 0.269 e. The number of carbonyl (C=O) groups excluding carboxylic acids is 1. The third-order valence-electron chi connectivity index (χ3n) is 4.65. The molecule has 0 bridgehead atoms. The van der Waals surface area contributed by atoms with Crippen molar-refractivity contribution in [3.05, 3.63) is 53.9 Å². The molecular formula is C19H24N4O3S. The second-order valence-corrected chi connectivity index (χ2v) is 8.20. The molecule has 8 heteroatoms. The number of aromatic nitrogens is 1. The number of primary sulfonamides is 1. The lowest BCUT2D eigenvalue weighted by Gasteiger charge is -2.28. The van der Waals surface area contributed by atoms with E-state index in [1.807, 2.05) is 12.1 Å². The maximum Gasteiger partial charge on any atom is 0.269 e. The molecule has 1 aliphatic heterocycles. The van der Waals surface area contributed by atoms with Crippen LogP contribution in [0.3, 0.4) is 0 Å². The normalized spacial score (nSPS) is 14.8. The summed E-state index contributed by atoms with van der Waals surface area (Å²) in [5, 5.41) is 7.94. The number of rotatable bonds is 6. The van der Waals surface area contributed by atoms with Crippen molar-refractivity contribution >= 4 is 21.6 Å². The summed E-state index contributed by atoms with van der Waals surface area (Å²) >= 11 is 0. The van der Waals surface area contributed by atoms with Crippen molar-refractivity contribution in [1.29, 1.82) is 0 Å². The molecule has 0 unspecified atom stereocenters. The van der Waals surface area contributed by atoms with E-state index in [-0.39, 0.29) is 10.8 Å². The van der Waals surface area contributed by atoms with Gasteiger partial charge in [0.2, 0.25) is 10.0 Å². The fraction of sp³-hybridized carbons (Fsp3) is 0.368. The molecular weight excluding hydrogens is 364 g/mol. The van der Waals surface area contributed by atoms with E-state index in [1.165, 1.54) is 31.4 Å². The molecule has 2 heterocycles. The van der Waals surface area contributed by atoms with Crippen LogP contribution in [0, 0.1) is 0 Å². The number of hydrogen-bond acceptors (Lipinski definition) is 5. The van der Waals surface area contributed by atoms with Crippen molar-refractivity contribution in [3.8, 4) is 0 Å². The molecule has 1 fully saturated rings. The van der Waals surface area contributed by atoms with Crippen molar-refractivity contribution < 1.29 is 13.2 Å². The van der Waals surface area contributed by atoms with Gasteiger partial charge < -0.3 is 10.2 Å². The Kier molecular flexibility index (Phi) is 6.08. The van der Waals surface area contributed by atoms with Crippen LogP contribution < -0.4 is 15.4 Å². The lowest BCUT2D eigenvalue weighted by molar-refractivity contribution is 0.0949. The van der Waals surface area contributed by atoms with Crippen LogP contribution in [-0.4, -0.2) is 38.9 Å². The van der Waals surface area contributed by atoms with Crippen LogP contribution in [0.25, 0.3) is 0 Å². The number of nitrogens with one attached hydrogen (secondary N) is 1. The SMILES string of the molecule is NS(=O)(=O)c1ccc(CCNC(=O)c2cc(N3CCCCC3)ccn2)cc1. The second-order valence-electron chi connectivity index (χ2n) is 6.64. The van der Waals surface area contributed by atoms with Gasteiger partial charge in [-0.3, -0.25) is 9.78 Å². The second kappa shape index (κ2) is 8.49. The highest BCUT2D eigenvalue weighted by molar-refractivity contribution is 7.89. The van der Waals surface area contributed by atoms with Crippen LogP contribution in [-0.2, 0) is 16.4 Å². The molecule has 1 aromatic heterocycles. The predicted octanol–water partition coefficient (Wildman–Crippen LogP) is 1.69. The van der Waals surface area contributed by atoms with Gasteiger partial charge in [0.15, 0.2) is 0 Å². The first-order valence-electron chi connectivity index (χ1n) is 9.04. The largest absolute Gasteiger partial charge is 0.371 e. The summed E-state index contributed by atoms with van der Waals surface area (Å²) in [6.07, 6.45) is 5.86. The van der Waals surface area contributed by atoms with Gasteiger partial charge in [-0.2, -0.15) is 0 Å². The maximum absolute atomic E-state index is 12.4. The summed E-state index contributed by atoms with van der Waals surface area (Å²) in [4.78, 5) is 18.9. The number of nitrogens with two attached hydrogens (primary N) is 1. The van der Waals surface area contributed by atoms with Crippen LogP contribution in [0.2, 0.25) is 0 Å². The van der Waals surface area contributed by atoms with E-state index in [9.17, 15) is 13.2 Å². The van der Waals surface area contributed by atoms with E-state index >= 15 is 0 Å². The number of sulfonamides is 1. The molecule has 0 radical (unpaired) electrons. The molecule has 7 nitrogen and oxygen atoms in total. The van der Waals surface area contributed by atoms with E-state index < -0.39 is 10.0 Å². The molecule has 1 aliphatic rings. The highest BCUT2D eigenvalue weighted by Gasteiger charge is 2.14. The van der Waals surface area contributed by atoms with Crippen molar-refractivity contribution in [3.63, 3.8) is 0 Å². The fourth-order valence-corrected chi connectivity index (χ4v) is 3.66. The van der Waals surface area contributed by atoms with Crippen LogP contribution >= 0.6 is 0 Å². The molecule has 2 aromatic rings. The number of hydrogen-bond donors (Lipinski definition) is 2. The zero-order chi connectivity index (χ0) is 19.3. The van der Waals surface area contributed by atoms with Gasteiger partial charge in [0.25, 0.3) is 5.91 Å². The van der Waals surface area contributed by atoms with Crippen molar-refractivity contribution in [2.24, 2.45) is 5.14 Å². The van der Waals surface area contributed by atoms with Gasteiger partial charge >= 0.3 is 0 Å². The minimum atomic E-state index is -3.69. The Hall–Kier alpha value is -2.45. The average molecular weight is 388 g/mol. The Morgan fingerprint density at radius 2 is 1.81 bits per heavy atom. The quantitative estimate of drug-likeness (QED) is 0.783. The first-order valence-corrected chi connectivity index (χ1v) is 10.6. The number of nitrogens with zero attached hydrogens (tertiary/aromatic N) is 2. The van der Waals surface area contributed by atoms with Gasteiger partial charge in [-0.15, -0.1) is 0 Å². The first-order chi connectivity index (χ1) is 12.9. The molecule has 3 rings (SSSR count). The van der Waals surface area contributed by atoms with Gasteiger partial charge in [0.05, 0.1) is 4.90 Å². The number of amides is 1. The number of piperidine rings is 1. The van der Waals surface area contributed by atoms with Gasteiger partial charge in [0.1, 0.15) is 5.69 Å². The summed E-state index contributed by atoms with van der Waals surface area (Å²) in [5.74, 6) is -0.213. The average Bonchev–Trinajstić information content (AvgIpc) is 2.68. The van der Waals surface area contributed by atoms with E-state index in [1.54, 1.807) is 18.3 Å². The summed E-state index contributed by atoms with van der Waals surface area (Å²) in [5.41, 5.74) is 2.36. The highest BCUT2D eigenvalue weighted by Crippen LogP contribution is 2.19. The Balaban J connectivity index is 1.55. The van der Waals surface area contributed by atoms with Crippen molar-refractivity contribution in [1.82, 2.24) is 10.3 Å². The molecule has 3 N–H and O–H groups in total. The summed E-state index contributed by atoms with van der Waals surface area (Å²) in [6, 6.07) is 10.1. The first kappa shape index (κ1) is 19.3. The van der Waals surface area contributed by atoms with Crippen LogP contribution in [0.15, 0.2) is 47.5 Å². The number of anilines is 1. The standard InChI is InChI=1S/C19H24N4O3S/c20-27(25,26)17-6-4-15(5-7-17)8-10-22-19(24)18-14-16(9-11-21-18)23-12-2-1-3-13-23/h4-7,9,11,14H,1-3,8,10,12-13H2,(H,22,24)(H2,20,25,26). The molecule has 0 saturated carbocycles. The molecule has 0 atom stereocenters. The van der Waals surface area contributed by atoms with E-state index in [0.717, 1.165) is 24.3 Å². The minimum Gasteiger partial charge on any atom is -0.371 e. The zero-order valence-corrected chi connectivity index (χ0v) is 15.9. The van der Waals surface area contributed by atoms with Crippen LogP contribution in [0.5, 0.6) is 0 Å². The van der Waals surface area contributed by atoms with Crippen molar-refractivity contribution in [2.75, 3.05) is 24.5 Å². The summed E-state index contributed by atoms with van der Waals surface area (Å²) in [7, 11) is -3.69. The van der Waals surface area contributed by atoms with E-state index in [2.05, 4.69) is 15.2 Å². The van der Waals surface area contributed by atoms with Gasteiger partial charge in [-0.25, -0.2) is 13.6 Å². The zero-order valence-electron chi connectivity index (χ0n) is 15.1. The van der Waals surface area contributed by atoms with Gasteiger partial charge in [0, 0.05) is 31.5 Å². The number of pyridine rings is 1. The van der Waals surface area contributed by atoms with Crippen LogP contribution in [0.4, 0.5) is 5.69 Å². The molecule has 27 heavy (non-hydrogen) atoms. The molecule has 144 valence electrons. The summed E-state index contributed by atoms with van der Waals surface area (Å²) in [6.45, 7) is 2.46. The molecule has 0 spiro atoms. The topological polar surface area (TPSA) is 105 Å². The molecule has 1 aromatic carbocycles. The molecule has 1 amide bonds.